The maximum absolute atomic E-state index is 13.6. The third-order valence-electron chi connectivity index (χ3n) is 9.95. The highest BCUT2D eigenvalue weighted by Gasteiger charge is 2.37. The number of carbonyl (C=O) groups excluding carboxylic acids is 4. The Hall–Kier alpha value is -5.96. The van der Waals surface area contributed by atoms with E-state index in [1.807, 2.05) is 88.4 Å². The molecule has 0 radical (unpaired) electrons. The number of hydrogen-bond donors (Lipinski definition) is 4. The van der Waals surface area contributed by atoms with Gasteiger partial charge in [-0.05, 0) is 34.1 Å². The van der Waals surface area contributed by atoms with Crippen LogP contribution in [0.2, 0.25) is 0 Å². The smallest absolute Gasteiger partial charge is 0.407 e. The number of aromatic nitrogens is 4. The van der Waals surface area contributed by atoms with E-state index in [1.165, 1.54) is 14.2 Å². The van der Waals surface area contributed by atoms with Gasteiger partial charge in [0.25, 0.3) is 0 Å². The van der Waals surface area contributed by atoms with E-state index in [1.54, 1.807) is 22.2 Å². The van der Waals surface area contributed by atoms with Crippen LogP contribution in [-0.2, 0) is 23.8 Å². The van der Waals surface area contributed by atoms with Gasteiger partial charge in [0.2, 0.25) is 11.8 Å². The molecule has 2 aliphatic heterocycles. The Morgan fingerprint density at radius 2 is 1.20 bits per heavy atom. The first kappa shape index (κ1) is 38.8. The van der Waals surface area contributed by atoms with Crippen molar-refractivity contribution in [3.63, 3.8) is 0 Å². The van der Waals surface area contributed by atoms with E-state index in [4.69, 9.17) is 14.2 Å². The van der Waals surface area contributed by atoms with E-state index >= 15 is 0 Å². The Morgan fingerprint density at radius 1 is 0.727 bits per heavy atom. The number of carbonyl (C=O) groups is 4. The standard InChI is InChI=1S/C40H48N8O7/c1-23(2)33(45-39(51)53-5)37(49)47-17-7-8-31(47)35-41-20-29(43-35)27-13-9-25(10-14-27)26-11-15-28(16-12-26)30-21-42-36(44-30)32-22-55-19-18-48(32)38(50)34(24(3)4)46-40(52)54-6/h7-16,20-21,23-24,31-34H,17-19,22H2,1-6H3,(H,41,43)(H,42,44)(H,45,51)(H,46,52)/t31?,32-,33-,34-/m0/s1. The summed E-state index contributed by atoms with van der Waals surface area (Å²) in [5, 5.41) is 5.33. The number of ether oxygens (including phenoxy) is 3. The first-order chi connectivity index (χ1) is 26.5. The normalized spacial score (nSPS) is 18.0. The molecule has 4 aromatic rings. The molecule has 15 heteroatoms. The maximum atomic E-state index is 13.6. The first-order valence-electron chi connectivity index (χ1n) is 18.3. The zero-order valence-electron chi connectivity index (χ0n) is 31.9. The van der Waals surface area contributed by atoms with Gasteiger partial charge in [0, 0.05) is 13.1 Å². The fourth-order valence-electron chi connectivity index (χ4n) is 6.81. The molecule has 4 amide bonds. The molecule has 2 aliphatic rings. The Kier molecular flexibility index (Phi) is 12.0. The maximum Gasteiger partial charge on any atom is 0.407 e. The van der Waals surface area contributed by atoms with Crippen molar-refractivity contribution >= 4 is 24.0 Å². The second-order valence-electron chi connectivity index (χ2n) is 14.2. The Morgan fingerprint density at radius 3 is 1.71 bits per heavy atom. The third kappa shape index (κ3) is 8.56. The van der Waals surface area contributed by atoms with E-state index in [-0.39, 0.29) is 30.3 Å². The number of imidazole rings is 2. The van der Waals surface area contributed by atoms with Gasteiger partial charge in [-0.15, -0.1) is 0 Å². The van der Waals surface area contributed by atoms with Crippen LogP contribution in [0.1, 0.15) is 51.4 Å². The van der Waals surface area contributed by atoms with Crippen LogP contribution in [0.15, 0.2) is 73.1 Å². The van der Waals surface area contributed by atoms with Gasteiger partial charge in [-0.25, -0.2) is 19.6 Å². The minimum atomic E-state index is -0.750. The monoisotopic (exact) mass is 752 g/mol. The molecule has 290 valence electrons. The molecule has 6 rings (SSSR count). The molecule has 4 atom stereocenters. The van der Waals surface area contributed by atoms with E-state index in [2.05, 4.69) is 30.6 Å². The number of nitrogens with one attached hydrogen (secondary N) is 4. The number of morpholine rings is 1. The number of hydrogen-bond acceptors (Lipinski definition) is 9. The van der Waals surface area contributed by atoms with Crippen molar-refractivity contribution < 1.29 is 33.4 Å². The second-order valence-corrected chi connectivity index (χ2v) is 14.2. The van der Waals surface area contributed by atoms with Gasteiger partial charge < -0.3 is 44.6 Å². The van der Waals surface area contributed by atoms with Crippen LogP contribution in [-0.4, -0.2) is 106 Å². The summed E-state index contributed by atoms with van der Waals surface area (Å²) in [5.41, 5.74) is 5.55. The van der Waals surface area contributed by atoms with E-state index in [9.17, 15) is 19.2 Å². The van der Waals surface area contributed by atoms with Crippen LogP contribution < -0.4 is 10.6 Å². The molecule has 0 saturated carbocycles. The topological polar surface area (TPSA) is 184 Å². The summed E-state index contributed by atoms with van der Waals surface area (Å²) in [6, 6.07) is 13.9. The van der Waals surface area contributed by atoms with Crippen LogP contribution in [0.5, 0.6) is 0 Å². The average Bonchev–Trinajstić information content (AvgIpc) is 4.00. The molecule has 4 heterocycles. The van der Waals surface area contributed by atoms with Crippen molar-refractivity contribution in [3.05, 3.63) is 84.7 Å². The molecule has 0 aliphatic carbocycles. The lowest BCUT2D eigenvalue weighted by molar-refractivity contribution is -0.143. The van der Waals surface area contributed by atoms with Crippen molar-refractivity contribution in [1.82, 2.24) is 40.4 Å². The molecule has 1 fully saturated rings. The number of methoxy groups -OCH3 is 2. The van der Waals surface area contributed by atoms with Crippen molar-refractivity contribution in [2.75, 3.05) is 40.5 Å². The summed E-state index contributed by atoms with van der Waals surface area (Å²) in [5.74, 6) is 0.519. The fourth-order valence-corrected chi connectivity index (χ4v) is 6.81. The lowest BCUT2D eigenvalue weighted by Gasteiger charge is -2.37. The van der Waals surface area contributed by atoms with E-state index in [0.717, 1.165) is 33.6 Å². The number of amides is 4. The number of nitrogens with zero attached hydrogens (tertiary/aromatic N) is 4. The highest BCUT2D eigenvalue weighted by molar-refractivity contribution is 5.87. The summed E-state index contributed by atoms with van der Waals surface area (Å²) in [4.78, 5) is 70.4. The highest BCUT2D eigenvalue weighted by atomic mass is 16.5. The van der Waals surface area contributed by atoms with Gasteiger partial charge in [-0.3, -0.25) is 9.59 Å². The molecule has 0 spiro atoms. The molecule has 2 aromatic carbocycles. The number of alkyl carbamates (subject to hydrolysis) is 2. The van der Waals surface area contributed by atoms with Crippen LogP contribution in [0, 0.1) is 11.8 Å². The quantitative estimate of drug-likeness (QED) is 0.149. The molecular formula is C40H48N8O7. The average molecular weight is 753 g/mol. The van der Waals surface area contributed by atoms with Gasteiger partial charge >= 0.3 is 12.2 Å². The summed E-state index contributed by atoms with van der Waals surface area (Å²) < 4.78 is 15.2. The predicted molar refractivity (Wildman–Crippen MR) is 204 cm³/mol. The number of aromatic amines is 2. The minimum Gasteiger partial charge on any atom is -0.453 e. The summed E-state index contributed by atoms with van der Waals surface area (Å²) in [6.45, 7) is 8.95. The Bertz CT molecular complexity index is 2000. The first-order valence-corrected chi connectivity index (χ1v) is 18.3. The van der Waals surface area contributed by atoms with Gasteiger partial charge in [0.05, 0.1) is 51.2 Å². The molecule has 0 bridgehead atoms. The Labute approximate surface area is 319 Å². The van der Waals surface area contributed by atoms with Crippen molar-refractivity contribution in [1.29, 1.82) is 0 Å². The second kappa shape index (κ2) is 17.0. The van der Waals surface area contributed by atoms with Crippen LogP contribution in [0.3, 0.4) is 0 Å². The summed E-state index contributed by atoms with van der Waals surface area (Å²) >= 11 is 0. The summed E-state index contributed by atoms with van der Waals surface area (Å²) in [7, 11) is 2.55. The number of benzene rings is 2. The van der Waals surface area contributed by atoms with Crippen LogP contribution >= 0.6 is 0 Å². The molecule has 2 aromatic heterocycles. The highest BCUT2D eigenvalue weighted by Crippen LogP contribution is 2.31. The minimum absolute atomic E-state index is 0.136. The molecule has 1 unspecified atom stereocenters. The molecule has 1 saturated heterocycles. The fraction of sp³-hybridized carbons (Fsp3) is 0.400. The van der Waals surface area contributed by atoms with Gasteiger partial charge in [-0.2, -0.15) is 0 Å². The molecule has 15 nitrogen and oxygen atoms in total. The zero-order valence-corrected chi connectivity index (χ0v) is 31.9. The van der Waals surface area contributed by atoms with Crippen LogP contribution in [0.4, 0.5) is 9.59 Å². The van der Waals surface area contributed by atoms with E-state index < -0.39 is 36.4 Å². The van der Waals surface area contributed by atoms with Crippen molar-refractivity contribution in [2.24, 2.45) is 11.8 Å². The van der Waals surface area contributed by atoms with Crippen LogP contribution in [0.25, 0.3) is 33.6 Å². The van der Waals surface area contributed by atoms with Gasteiger partial charge in [-0.1, -0.05) is 88.4 Å². The number of H-pyrrole nitrogens is 2. The summed E-state index contributed by atoms with van der Waals surface area (Å²) in [6.07, 6.45) is 6.06. The zero-order chi connectivity index (χ0) is 39.2. The molecule has 4 N–H and O–H groups in total. The third-order valence-corrected chi connectivity index (χ3v) is 9.95. The lowest BCUT2D eigenvalue weighted by Crippen LogP contribution is -2.54. The van der Waals surface area contributed by atoms with Gasteiger partial charge in [0.15, 0.2) is 0 Å². The number of rotatable bonds is 11. The van der Waals surface area contributed by atoms with Crippen molar-refractivity contribution in [3.8, 4) is 33.6 Å². The largest absolute Gasteiger partial charge is 0.453 e. The van der Waals surface area contributed by atoms with Crippen molar-refractivity contribution in [2.45, 2.75) is 51.9 Å². The Balaban J connectivity index is 1.12. The molecule has 55 heavy (non-hydrogen) atoms. The predicted octanol–water partition coefficient (Wildman–Crippen LogP) is 5.23. The van der Waals surface area contributed by atoms with Gasteiger partial charge in [0.1, 0.15) is 35.8 Å². The lowest BCUT2D eigenvalue weighted by atomic mass is 10.0. The molecular weight excluding hydrogens is 704 g/mol. The SMILES string of the molecule is COC(=O)N[C@H](C(=O)N1CC=CC1c1ncc(-c2ccc(-c3ccc(-c4cnc([C@@H]5COCCN5C(=O)[C@@H](NC(=O)OC)C(C)C)[nH]4)cc3)cc2)[nH]1)C(C)C. The van der Waals surface area contributed by atoms with E-state index in [0.29, 0.717) is 31.3 Å².